The summed E-state index contributed by atoms with van der Waals surface area (Å²) in [6, 6.07) is 0. The van der Waals surface area contributed by atoms with Crippen LogP contribution in [0.1, 0.15) is 19.8 Å². The molecule has 0 unspecified atom stereocenters. The molecule has 96 valence electrons. The minimum absolute atomic E-state index is 0.325. The van der Waals surface area contributed by atoms with Gasteiger partial charge in [-0.3, -0.25) is 4.79 Å². The van der Waals surface area contributed by atoms with Crippen LogP contribution in [-0.2, 0) is 9.63 Å². The zero-order valence-corrected chi connectivity index (χ0v) is 10.5. The lowest BCUT2D eigenvalue weighted by atomic mass is 10.3. The van der Waals surface area contributed by atoms with Crippen molar-refractivity contribution in [3.05, 3.63) is 0 Å². The maximum Gasteiger partial charge on any atom is 0.327 e. The molecule has 0 bridgehead atoms. The normalized spacial score (nSPS) is 11.1. The van der Waals surface area contributed by atoms with Crippen molar-refractivity contribution in [2.24, 2.45) is 5.84 Å². The van der Waals surface area contributed by atoms with Gasteiger partial charge in [-0.15, -0.1) is 0 Å². The molecule has 0 fully saturated rings. The lowest BCUT2D eigenvalue weighted by Gasteiger charge is -2.20. The number of nitrogens with zero attached hydrogens (tertiary/aromatic N) is 2. The van der Waals surface area contributed by atoms with E-state index in [1.807, 2.05) is 5.59 Å². The van der Waals surface area contributed by atoms with E-state index in [1.165, 1.54) is 0 Å². The molecule has 0 radical (unpaired) electrons. The van der Waals surface area contributed by atoms with Gasteiger partial charge >= 0.3 is 5.97 Å². The van der Waals surface area contributed by atoms with E-state index in [9.17, 15) is 4.79 Å². The number of rotatable bonds is 9. The summed E-state index contributed by atoms with van der Waals surface area (Å²) in [6.45, 7) is 5.80. The minimum atomic E-state index is -0.325. The zero-order chi connectivity index (χ0) is 12.4. The van der Waals surface area contributed by atoms with Gasteiger partial charge in [0.25, 0.3) is 0 Å². The Morgan fingerprint density at radius 3 is 2.50 bits per heavy atom. The maximum atomic E-state index is 11.0. The van der Waals surface area contributed by atoms with Crippen molar-refractivity contribution in [3.63, 3.8) is 0 Å². The molecule has 0 aliphatic carbocycles. The van der Waals surface area contributed by atoms with Crippen molar-refractivity contribution in [2.45, 2.75) is 19.8 Å². The molecular weight excluding hydrogens is 208 g/mol. The Morgan fingerprint density at radius 1 is 1.31 bits per heavy atom. The molecule has 6 nitrogen and oxygen atoms in total. The number of nitrogens with two attached hydrogens (primary N) is 1. The van der Waals surface area contributed by atoms with Crippen LogP contribution in [0.4, 0.5) is 0 Å². The van der Waals surface area contributed by atoms with E-state index < -0.39 is 0 Å². The fourth-order valence-electron chi connectivity index (χ4n) is 1.40. The van der Waals surface area contributed by atoms with E-state index in [1.54, 1.807) is 0 Å². The molecule has 0 aliphatic rings. The highest BCUT2D eigenvalue weighted by atomic mass is 16.7. The van der Waals surface area contributed by atoms with Gasteiger partial charge in [-0.2, -0.15) is 0 Å². The van der Waals surface area contributed by atoms with E-state index in [2.05, 4.69) is 35.7 Å². The summed E-state index contributed by atoms with van der Waals surface area (Å²) in [5.74, 6) is 4.54. The van der Waals surface area contributed by atoms with Gasteiger partial charge in [0.2, 0.25) is 0 Å². The average Bonchev–Trinajstić information content (AvgIpc) is 2.23. The van der Waals surface area contributed by atoms with E-state index in [-0.39, 0.29) is 5.97 Å². The lowest BCUT2D eigenvalue weighted by Crippen LogP contribution is -2.32. The predicted molar refractivity (Wildman–Crippen MR) is 63.3 cm³/mol. The molecule has 16 heavy (non-hydrogen) atoms. The van der Waals surface area contributed by atoms with Crippen molar-refractivity contribution in [1.29, 1.82) is 0 Å². The monoisotopic (exact) mass is 232 g/mol. The fraction of sp³-hybridized carbons (Fsp3) is 0.900. The standard InChI is InChI=1S/C10H24N4O2/c1-4-14(8-5-7-13(2)3)9-6-10(15)16-12-11/h12H,4-9,11H2,1-3H3. The van der Waals surface area contributed by atoms with Crippen LogP contribution in [0.15, 0.2) is 0 Å². The van der Waals surface area contributed by atoms with Crippen LogP contribution in [-0.4, -0.2) is 56.0 Å². The van der Waals surface area contributed by atoms with Gasteiger partial charge in [0, 0.05) is 6.54 Å². The topological polar surface area (TPSA) is 70.8 Å². The number of nitrogens with one attached hydrogen (secondary N) is 1. The second-order valence-corrected chi connectivity index (χ2v) is 3.93. The molecule has 0 aromatic rings. The maximum absolute atomic E-state index is 11.0. The Kier molecular flexibility index (Phi) is 9.12. The van der Waals surface area contributed by atoms with Crippen molar-refractivity contribution in [2.75, 3.05) is 40.3 Å². The lowest BCUT2D eigenvalue weighted by molar-refractivity contribution is -0.151. The molecule has 0 rings (SSSR count). The van der Waals surface area contributed by atoms with Crippen LogP contribution in [0.3, 0.4) is 0 Å². The van der Waals surface area contributed by atoms with E-state index in [4.69, 9.17) is 5.84 Å². The summed E-state index contributed by atoms with van der Waals surface area (Å²) in [4.78, 5) is 19.9. The molecule has 6 heteroatoms. The van der Waals surface area contributed by atoms with Gasteiger partial charge in [0.05, 0.1) is 6.42 Å². The van der Waals surface area contributed by atoms with Crippen LogP contribution in [0, 0.1) is 0 Å². The Labute approximate surface area is 97.6 Å². The van der Waals surface area contributed by atoms with Crippen LogP contribution in [0.2, 0.25) is 0 Å². The molecule has 0 aromatic heterocycles. The summed E-state index contributed by atoms with van der Waals surface area (Å²) in [6.07, 6.45) is 1.46. The van der Waals surface area contributed by atoms with Crippen LogP contribution >= 0.6 is 0 Å². The van der Waals surface area contributed by atoms with Crippen LogP contribution < -0.4 is 11.4 Å². The molecule has 3 N–H and O–H groups in total. The van der Waals surface area contributed by atoms with Gasteiger partial charge in [-0.1, -0.05) is 12.5 Å². The number of hydrazine groups is 1. The zero-order valence-electron chi connectivity index (χ0n) is 10.5. The van der Waals surface area contributed by atoms with Crippen molar-refractivity contribution in [1.82, 2.24) is 15.4 Å². The smallest absolute Gasteiger partial charge is 0.327 e. The molecular formula is C10H24N4O2. The minimum Gasteiger partial charge on any atom is -0.356 e. The van der Waals surface area contributed by atoms with Gasteiger partial charge in [-0.25, -0.2) is 5.84 Å². The largest absolute Gasteiger partial charge is 0.356 e. The molecule has 0 atom stereocenters. The van der Waals surface area contributed by atoms with E-state index in [0.29, 0.717) is 13.0 Å². The summed E-state index contributed by atoms with van der Waals surface area (Å²) in [5.41, 5.74) is 1.89. The second kappa shape index (κ2) is 9.53. The first-order chi connectivity index (χ1) is 7.60. The van der Waals surface area contributed by atoms with E-state index in [0.717, 1.165) is 26.1 Å². The second-order valence-electron chi connectivity index (χ2n) is 3.93. The summed E-state index contributed by atoms with van der Waals surface area (Å²) in [7, 11) is 4.11. The SMILES string of the molecule is CCN(CCCN(C)C)CCC(=O)ONN. The van der Waals surface area contributed by atoms with Crippen molar-refractivity contribution < 1.29 is 9.63 Å². The van der Waals surface area contributed by atoms with E-state index >= 15 is 0 Å². The highest BCUT2D eigenvalue weighted by Gasteiger charge is 2.07. The molecule has 0 amide bonds. The number of carbonyl (C=O) groups excluding carboxylic acids is 1. The quantitative estimate of drug-likeness (QED) is 0.415. The van der Waals surface area contributed by atoms with Gasteiger partial charge in [0.1, 0.15) is 0 Å². The highest BCUT2D eigenvalue weighted by molar-refractivity contribution is 5.69. The van der Waals surface area contributed by atoms with Gasteiger partial charge in [0.15, 0.2) is 0 Å². The fourth-order valence-corrected chi connectivity index (χ4v) is 1.40. The van der Waals surface area contributed by atoms with Crippen molar-refractivity contribution >= 4 is 5.97 Å². The number of hydrogen-bond acceptors (Lipinski definition) is 6. The third kappa shape index (κ3) is 8.60. The van der Waals surface area contributed by atoms with Gasteiger partial charge in [-0.05, 0) is 40.2 Å². The number of hydrogen-bond donors (Lipinski definition) is 2. The first kappa shape index (κ1) is 15.3. The van der Waals surface area contributed by atoms with Crippen LogP contribution in [0.25, 0.3) is 0 Å². The Bertz CT molecular complexity index is 188. The van der Waals surface area contributed by atoms with Crippen molar-refractivity contribution in [3.8, 4) is 0 Å². The van der Waals surface area contributed by atoms with Crippen LogP contribution in [0.5, 0.6) is 0 Å². The summed E-state index contributed by atoms with van der Waals surface area (Å²) < 4.78 is 0. The third-order valence-electron chi connectivity index (χ3n) is 2.33. The average molecular weight is 232 g/mol. The first-order valence-electron chi connectivity index (χ1n) is 5.62. The molecule has 0 heterocycles. The Balaban J connectivity index is 3.62. The Hall–Kier alpha value is -0.690. The summed E-state index contributed by atoms with van der Waals surface area (Å²) >= 11 is 0. The molecule has 0 aromatic carbocycles. The first-order valence-corrected chi connectivity index (χ1v) is 5.62. The molecule has 0 aliphatic heterocycles. The van der Waals surface area contributed by atoms with Gasteiger partial charge < -0.3 is 14.6 Å². The predicted octanol–water partition coefficient (Wildman–Crippen LogP) is -0.428. The molecule has 0 spiro atoms. The summed E-state index contributed by atoms with van der Waals surface area (Å²) in [5, 5.41) is 0. The third-order valence-corrected chi connectivity index (χ3v) is 2.33. The highest BCUT2D eigenvalue weighted by Crippen LogP contribution is 1.96. The molecule has 0 saturated carbocycles. The number of carbonyl (C=O) groups is 1. The Morgan fingerprint density at radius 2 is 2.00 bits per heavy atom. The molecule has 0 saturated heterocycles.